The van der Waals surface area contributed by atoms with Crippen LogP contribution in [0.2, 0.25) is 0 Å². The van der Waals surface area contributed by atoms with E-state index in [1.165, 1.54) is 23.4 Å². The molecule has 0 aliphatic heterocycles. The van der Waals surface area contributed by atoms with Crippen molar-refractivity contribution in [2.24, 2.45) is 0 Å². The third-order valence-corrected chi connectivity index (χ3v) is 4.30. The first kappa shape index (κ1) is 17.1. The second-order valence-corrected chi connectivity index (χ2v) is 6.21. The molecule has 7 heteroatoms. The van der Waals surface area contributed by atoms with Gasteiger partial charge < -0.3 is 16.8 Å². The highest BCUT2D eigenvalue weighted by Crippen LogP contribution is 2.21. The maximum Gasteiger partial charge on any atom is 0.234 e. The quantitative estimate of drug-likeness (QED) is 0.555. The van der Waals surface area contributed by atoms with E-state index in [1.807, 2.05) is 24.3 Å². The largest absolute Gasteiger partial charge is 0.383 e. The van der Waals surface area contributed by atoms with E-state index in [2.05, 4.69) is 29.1 Å². The molecule has 23 heavy (non-hydrogen) atoms. The highest BCUT2D eigenvalue weighted by molar-refractivity contribution is 7.99. The van der Waals surface area contributed by atoms with E-state index in [9.17, 15) is 4.79 Å². The van der Waals surface area contributed by atoms with Crippen molar-refractivity contribution in [2.75, 3.05) is 22.5 Å². The summed E-state index contributed by atoms with van der Waals surface area (Å²) in [6.45, 7) is 4.34. The highest BCUT2D eigenvalue weighted by atomic mass is 32.2. The molecule has 6 nitrogen and oxygen atoms in total. The summed E-state index contributed by atoms with van der Waals surface area (Å²) in [4.78, 5) is 20.0. The second kappa shape index (κ2) is 7.82. The first-order valence-electron chi connectivity index (χ1n) is 7.40. The number of hydrogen-bond donors (Lipinski definition) is 3. The zero-order chi connectivity index (χ0) is 16.8. The molecule has 0 bridgehead atoms. The zero-order valence-electron chi connectivity index (χ0n) is 13.2. The van der Waals surface area contributed by atoms with Crippen LogP contribution in [0.15, 0.2) is 35.5 Å². The number of aromatic nitrogens is 2. The molecular formula is C16H21N5OS. The van der Waals surface area contributed by atoms with E-state index >= 15 is 0 Å². The van der Waals surface area contributed by atoms with Crippen LogP contribution >= 0.6 is 11.8 Å². The van der Waals surface area contributed by atoms with Gasteiger partial charge >= 0.3 is 0 Å². The van der Waals surface area contributed by atoms with Crippen LogP contribution in [0.4, 0.5) is 17.3 Å². The van der Waals surface area contributed by atoms with E-state index < -0.39 is 0 Å². The number of nitrogens with two attached hydrogens (primary N) is 2. The van der Waals surface area contributed by atoms with Crippen LogP contribution in [0, 0.1) is 0 Å². The smallest absolute Gasteiger partial charge is 0.234 e. The van der Waals surface area contributed by atoms with Crippen molar-refractivity contribution in [1.29, 1.82) is 0 Å². The molecule has 0 aliphatic carbocycles. The number of amides is 1. The van der Waals surface area contributed by atoms with Crippen molar-refractivity contribution < 1.29 is 4.79 Å². The Kier molecular flexibility index (Phi) is 5.81. The molecule has 2 aromatic rings. The second-order valence-electron chi connectivity index (χ2n) is 5.27. The van der Waals surface area contributed by atoms with Crippen LogP contribution in [0.3, 0.4) is 0 Å². The van der Waals surface area contributed by atoms with Gasteiger partial charge in [-0.05, 0) is 30.0 Å². The van der Waals surface area contributed by atoms with E-state index in [-0.39, 0.29) is 11.7 Å². The molecule has 1 aromatic heterocycles. The molecule has 122 valence electrons. The predicted molar refractivity (Wildman–Crippen MR) is 95.4 cm³/mol. The third kappa shape index (κ3) is 5.14. The van der Waals surface area contributed by atoms with E-state index in [0.29, 0.717) is 22.7 Å². The van der Waals surface area contributed by atoms with E-state index in [1.54, 1.807) is 0 Å². The molecular weight excluding hydrogens is 310 g/mol. The average molecular weight is 331 g/mol. The van der Waals surface area contributed by atoms with Crippen LogP contribution in [0.5, 0.6) is 0 Å². The molecule has 1 amide bonds. The van der Waals surface area contributed by atoms with Gasteiger partial charge in [-0.25, -0.2) is 9.97 Å². The number of rotatable bonds is 6. The van der Waals surface area contributed by atoms with E-state index in [4.69, 9.17) is 11.5 Å². The first-order chi connectivity index (χ1) is 11.0. The summed E-state index contributed by atoms with van der Waals surface area (Å²) in [6.07, 6.45) is 1.09. The number of nitrogen functional groups attached to an aromatic ring is 2. The summed E-state index contributed by atoms with van der Waals surface area (Å²) in [5, 5.41) is 3.24. The Bertz CT molecular complexity index is 654. The number of anilines is 3. The van der Waals surface area contributed by atoms with Crippen molar-refractivity contribution in [3.05, 3.63) is 35.9 Å². The Morgan fingerprint density at radius 1 is 1.22 bits per heavy atom. The molecule has 0 spiro atoms. The first-order valence-corrected chi connectivity index (χ1v) is 8.39. The predicted octanol–water partition coefficient (Wildman–Crippen LogP) is 2.89. The molecule has 1 heterocycles. The maximum absolute atomic E-state index is 12.0. The zero-order valence-corrected chi connectivity index (χ0v) is 14.1. The maximum atomic E-state index is 12.0. The number of nitrogens with zero attached hydrogens (tertiary/aromatic N) is 2. The van der Waals surface area contributed by atoms with Crippen LogP contribution in [-0.2, 0) is 4.79 Å². The van der Waals surface area contributed by atoms with E-state index in [0.717, 1.165) is 12.1 Å². The fourth-order valence-electron chi connectivity index (χ4n) is 1.98. The number of carbonyl (C=O) groups is 1. The van der Waals surface area contributed by atoms with Crippen molar-refractivity contribution in [2.45, 2.75) is 31.3 Å². The number of hydrogen-bond acceptors (Lipinski definition) is 6. The molecule has 0 fully saturated rings. The summed E-state index contributed by atoms with van der Waals surface area (Å²) >= 11 is 1.19. The number of benzene rings is 1. The molecule has 2 rings (SSSR count). The summed E-state index contributed by atoms with van der Waals surface area (Å²) < 4.78 is 0. The Morgan fingerprint density at radius 3 is 2.39 bits per heavy atom. The van der Waals surface area contributed by atoms with Crippen molar-refractivity contribution in [1.82, 2.24) is 9.97 Å². The number of thioether (sulfide) groups is 1. The van der Waals surface area contributed by atoms with Gasteiger partial charge in [0.15, 0.2) is 5.16 Å². The summed E-state index contributed by atoms with van der Waals surface area (Å²) in [7, 11) is 0. The molecule has 1 unspecified atom stereocenters. The molecule has 0 saturated carbocycles. The normalized spacial score (nSPS) is 11.9. The van der Waals surface area contributed by atoms with Gasteiger partial charge in [0.05, 0.1) is 5.75 Å². The van der Waals surface area contributed by atoms with Crippen LogP contribution in [0.25, 0.3) is 0 Å². The van der Waals surface area contributed by atoms with Crippen molar-refractivity contribution >= 4 is 35.0 Å². The van der Waals surface area contributed by atoms with Crippen LogP contribution in [0.1, 0.15) is 31.7 Å². The molecule has 0 aliphatic rings. The molecule has 1 aromatic carbocycles. The lowest BCUT2D eigenvalue weighted by molar-refractivity contribution is -0.113. The topological polar surface area (TPSA) is 107 Å². The number of carbonyl (C=O) groups excluding carboxylic acids is 1. The SMILES string of the molecule is CCC(C)c1ccc(NC(=O)CSc2nc(N)cc(N)n2)cc1. The average Bonchev–Trinajstić information content (AvgIpc) is 2.52. The Balaban J connectivity index is 1.89. The van der Waals surface area contributed by atoms with Gasteiger partial charge in [-0.3, -0.25) is 4.79 Å². The van der Waals surface area contributed by atoms with Crippen molar-refractivity contribution in [3.63, 3.8) is 0 Å². The summed E-state index contributed by atoms with van der Waals surface area (Å²) in [6, 6.07) is 9.39. The Hall–Kier alpha value is -2.28. The lowest BCUT2D eigenvalue weighted by Crippen LogP contribution is -2.14. The van der Waals surface area contributed by atoms with Gasteiger partial charge in [0, 0.05) is 11.8 Å². The fourth-order valence-corrected chi connectivity index (χ4v) is 2.66. The van der Waals surface area contributed by atoms with Gasteiger partial charge in [0.2, 0.25) is 5.91 Å². The van der Waals surface area contributed by atoms with Gasteiger partial charge in [-0.2, -0.15) is 0 Å². The van der Waals surface area contributed by atoms with Crippen LogP contribution in [-0.4, -0.2) is 21.6 Å². The van der Waals surface area contributed by atoms with Gasteiger partial charge in [0.1, 0.15) is 11.6 Å². The minimum absolute atomic E-state index is 0.129. The summed E-state index contributed by atoms with van der Waals surface area (Å²) in [5.74, 6) is 1.16. The third-order valence-electron chi connectivity index (χ3n) is 3.45. The fraction of sp³-hybridized carbons (Fsp3) is 0.312. The van der Waals surface area contributed by atoms with Gasteiger partial charge in [-0.1, -0.05) is 37.7 Å². The molecule has 5 N–H and O–H groups in total. The van der Waals surface area contributed by atoms with Crippen molar-refractivity contribution in [3.8, 4) is 0 Å². The minimum atomic E-state index is -0.129. The van der Waals surface area contributed by atoms with Gasteiger partial charge in [0.25, 0.3) is 0 Å². The monoisotopic (exact) mass is 331 g/mol. The lowest BCUT2D eigenvalue weighted by Gasteiger charge is -2.10. The van der Waals surface area contributed by atoms with Crippen LogP contribution < -0.4 is 16.8 Å². The Labute approximate surface area is 140 Å². The standard InChI is InChI=1S/C16H21N5OS/c1-3-10(2)11-4-6-12(7-5-11)19-15(22)9-23-16-20-13(17)8-14(18)21-16/h4-8,10H,3,9H2,1-2H3,(H,19,22)(H4,17,18,20,21). The van der Waals surface area contributed by atoms with Gasteiger partial charge in [-0.15, -0.1) is 0 Å². The molecule has 0 saturated heterocycles. The number of nitrogens with one attached hydrogen (secondary N) is 1. The lowest BCUT2D eigenvalue weighted by atomic mass is 9.99. The minimum Gasteiger partial charge on any atom is -0.383 e. The summed E-state index contributed by atoms with van der Waals surface area (Å²) in [5.41, 5.74) is 13.2. The molecule has 0 radical (unpaired) electrons. The molecule has 1 atom stereocenters. The highest BCUT2D eigenvalue weighted by Gasteiger charge is 2.08. The Morgan fingerprint density at radius 2 is 1.83 bits per heavy atom.